The Hall–Kier alpha value is -1.26. The van der Waals surface area contributed by atoms with Crippen molar-refractivity contribution in [2.75, 3.05) is 12.3 Å². The molecule has 2 rings (SSSR count). The van der Waals surface area contributed by atoms with Gasteiger partial charge in [0.1, 0.15) is 5.76 Å². The predicted octanol–water partition coefficient (Wildman–Crippen LogP) is 2.56. The lowest BCUT2D eigenvalue weighted by Gasteiger charge is -2.02. The van der Waals surface area contributed by atoms with Crippen molar-refractivity contribution < 1.29 is 4.42 Å². The van der Waals surface area contributed by atoms with Crippen molar-refractivity contribution in [3.8, 4) is 0 Å². The normalized spacial score (nSPS) is 10.5. The summed E-state index contributed by atoms with van der Waals surface area (Å²) in [5.41, 5.74) is 0. The zero-order valence-corrected chi connectivity index (χ0v) is 9.74. The van der Waals surface area contributed by atoms with E-state index in [1.54, 1.807) is 6.26 Å². The number of rotatable bonds is 6. The fourth-order valence-corrected chi connectivity index (χ4v) is 2.10. The summed E-state index contributed by atoms with van der Waals surface area (Å²) >= 11 is 1.82. The molecule has 0 fully saturated rings. The van der Waals surface area contributed by atoms with E-state index in [9.17, 15) is 0 Å². The molecule has 0 atom stereocenters. The number of thioether (sulfide) groups is 1. The van der Waals surface area contributed by atoms with E-state index in [0.29, 0.717) is 0 Å². The smallest absolute Gasteiger partial charge is 0.117 e. The van der Waals surface area contributed by atoms with Crippen molar-refractivity contribution in [1.29, 1.82) is 0 Å². The van der Waals surface area contributed by atoms with Gasteiger partial charge in [0.2, 0.25) is 0 Å². The first-order valence-corrected chi connectivity index (χ1v) is 6.19. The van der Waals surface area contributed by atoms with Gasteiger partial charge >= 0.3 is 0 Å². The van der Waals surface area contributed by atoms with Crippen LogP contribution in [0.5, 0.6) is 0 Å². The van der Waals surface area contributed by atoms with Crippen LogP contribution in [0.15, 0.2) is 52.2 Å². The van der Waals surface area contributed by atoms with Crippen molar-refractivity contribution in [3.05, 3.63) is 48.7 Å². The zero-order valence-electron chi connectivity index (χ0n) is 8.93. The molecule has 0 saturated heterocycles. The van der Waals surface area contributed by atoms with E-state index in [1.807, 2.05) is 48.4 Å². The Morgan fingerprint density at radius 2 is 2.12 bits per heavy atom. The number of furan rings is 1. The average Bonchev–Trinajstić information content (AvgIpc) is 2.83. The van der Waals surface area contributed by atoms with Crippen LogP contribution in [0.4, 0.5) is 0 Å². The maximum atomic E-state index is 5.22. The molecule has 0 aromatic carbocycles. The summed E-state index contributed by atoms with van der Waals surface area (Å²) in [6.45, 7) is 1.76. The van der Waals surface area contributed by atoms with Crippen LogP contribution in [0.3, 0.4) is 0 Å². The summed E-state index contributed by atoms with van der Waals surface area (Å²) in [6.07, 6.45) is 5.33. The number of pyridine rings is 1. The van der Waals surface area contributed by atoms with Gasteiger partial charge in [0.25, 0.3) is 0 Å². The Morgan fingerprint density at radius 3 is 2.88 bits per heavy atom. The largest absolute Gasteiger partial charge is 0.468 e. The molecule has 0 unspecified atom stereocenters. The van der Waals surface area contributed by atoms with E-state index in [2.05, 4.69) is 10.3 Å². The monoisotopic (exact) mass is 234 g/mol. The van der Waals surface area contributed by atoms with Crippen molar-refractivity contribution in [3.63, 3.8) is 0 Å². The van der Waals surface area contributed by atoms with Crippen LogP contribution >= 0.6 is 11.8 Å². The molecular weight excluding hydrogens is 220 g/mol. The molecule has 0 spiro atoms. The van der Waals surface area contributed by atoms with Crippen LogP contribution in [0.2, 0.25) is 0 Å². The number of nitrogens with one attached hydrogen (secondary N) is 1. The third-order valence-electron chi connectivity index (χ3n) is 2.08. The molecule has 1 N–H and O–H groups in total. The molecule has 0 bridgehead atoms. The summed E-state index contributed by atoms with van der Waals surface area (Å²) in [4.78, 5) is 5.24. The lowest BCUT2D eigenvalue weighted by atomic mass is 10.4. The Bertz CT molecular complexity index is 389. The van der Waals surface area contributed by atoms with Crippen LogP contribution in [0.1, 0.15) is 5.76 Å². The van der Waals surface area contributed by atoms with Crippen molar-refractivity contribution in [2.45, 2.75) is 11.4 Å². The van der Waals surface area contributed by atoms with Crippen molar-refractivity contribution in [2.24, 2.45) is 0 Å². The van der Waals surface area contributed by atoms with Crippen LogP contribution in [-0.4, -0.2) is 17.3 Å². The number of nitrogens with zero attached hydrogens (tertiary/aromatic N) is 1. The maximum absolute atomic E-state index is 5.22. The first kappa shape index (κ1) is 11.2. The Labute approximate surface area is 99.3 Å². The summed E-state index contributed by atoms with van der Waals surface area (Å²) < 4.78 is 5.22. The van der Waals surface area contributed by atoms with Crippen molar-refractivity contribution in [1.82, 2.24) is 10.3 Å². The van der Waals surface area contributed by atoms with Gasteiger partial charge in [-0.2, -0.15) is 0 Å². The van der Waals surface area contributed by atoms with Crippen LogP contribution in [0, 0.1) is 0 Å². The second kappa shape index (κ2) is 6.35. The first-order valence-electron chi connectivity index (χ1n) is 5.21. The molecule has 2 heterocycles. The second-order valence-corrected chi connectivity index (χ2v) is 4.46. The number of hydrogen-bond donors (Lipinski definition) is 1. The molecule has 16 heavy (non-hydrogen) atoms. The zero-order chi connectivity index (χ0) is 11.1. The van der Waals surface area contributed by atoms with E-state index in [-0.39, 0.29) is 0 Å². The van der Waals surface area contributed by atoms with Gasteiger partial charge in [0.15, 0.2) is 0 Å². The Balaban J connectivity index is 1.59. The fourth-order valence-electron chi connectivity index (χ4n) is 1.30. The Kier molecular flexibility index (Phi) is 4.46. The minimum atomic E-state index is 0.796. The van der Waals surface area contributed by atoms with Gasteiger partial charge in [0.05, 0.1) is 12.8 Å². The Morgan fingerprint density at radius 1 is 1.25 bits per heavy atom. The van der Waals surface area contributed by atoms with E-state index in [4.69, 9.17) is 4.42 Å². The lowest BCUT2D eigenvalue weighted by Crippen LogP contribution is -2.15. The summed E-state index contributed by atoms with van der Waals surface area (Å²) in [5.74, 6) is 2.03. The van der Waals surface area contributed by atoms with E-state index >= 15 is 0 Å². The minimum absolute atomic E-state index is 0.796. The number of aromatic nitrogens is 1. The molecule has 4 heteroatoms. The highest BCUT2D eigenvalue weighted by Gasteiger charge is 1.95. The molecule has 0 aliphatic rings. The van der Waals surface area contributed by atoms with Crippen LogP contribution in [0.25, 0.3) is 0 Å². The second-order valence-electron chi connectivity index (χ2n) is 3.29. The quantitative estimate of drug-likeness (QED) is 0.616. The molecule has 84 valence electrons. The number of hydrogen-bond acceptors (Lipinski definition) is 4. The molecule has 2 aromatic heterocycles. The molecule has 2 aromatic rings. The molecule has 0 radical (unpaired) electrons. The highest BCUT2D eigenvalue weighted by Crippen LogP contribution is 2.14. The van der Waals surface area contributed by atoms with Crippen molar-refractivity contribution >= 4 is 11.8 Å². The molecule has 0 saturated carbocycles. The van der Waals surface area contributed by atoms with Crippen LogP contribution < -0.4 is 5.32 Å². The summed E-state index contributed by atoms with van der Waals surface area (Å²) in [6, 6.07) is 7.93. The van der Waals surface area contributed by atoms with Gasteiger partial charge in [-0.15, -0.1) is 11.8 Å². The van der Waals surface area contributed by atoms with Gasteiger partial charge in [-0.05, 0) is 24.3 Å². The molecule has 3 nitrogen and oxygen atoms in total. The molecular formula is C12H14N2OS. The highest BCUT2D eigenvalue weighted by atomic mass is 32.2. The van der Waals surface area contributed by atoms with Gasteiger partial charge in [-0.1, -0.05) is 0 Å². The van der Waals surface area contributed by atoms with E-state index in [0.717, 1.165) is 24.6 Å². The van der Waals surface area contributed by atoms with Gasteiger partial charge < -0.3 is 9.73 Å². The third kappa shape index (κ3) is 3.72. The average molecular weight is 234 g/mol. The van der Waals surface area contributed by atoms with Crippen LogP contribution in [-0.2, 0) is 6.54 Å². The van der Waals surface area contributed by atoms with Gasteiger partial charge in [-0.25, -0.2) is 0 Å². The maximum Gasteiger partial charge on any atom is 0.117 e. The first-order chi connectivity index (χ1) is 7.95. The standard InChI is InChI=1S/C12H14N2OS/c1-2-11(15-8-1)10-14-7-9-16-12-3-5-13-6-4-12/h1-6,8,14H,7,9-10H2. The van der Waals surface area contributed by atoms with E-state index < -0.39 is 0 Å². The topological polar surface area (TPSA) is 38.1 Å². The highest BCUT2D eigenvalue weighted by molar-refractivity contribution is 7.99. The van der Waals surface area contributed by atoms with E-state index in [1.165, 1.54) is 4.90 Å². The van der Waals surface area contributed by atoms with Gasteiger partial charge in [-0.3, -0.25) is 4.98 Å². The lowest BCUT2D eigenvalue weighted by molar-refractivity contribution is 0.488. The summed E-state index contributed by atoms with van der Waals surface area (Å²) in [5, 5.41) is 3.33. The predicted molar refractivity (Wildman–Crippen MR) is 65.4 cm³/mol. The third-order valence-corrected chi connectivity index (χ3v) is 3.09. The molecule has 0 aliphatic heterocycles. The molecule has 0 amide bonds. The SMILES string of the molecule is c1coc(CNCCSc2ccncc2)c1. The summed E-state index contributed by atoms with van der Waals surface area (Å²) in [7, 11) is 0. The fraction of sp³-hybridized carbons (Fsp3) is 0.250. The minimum Gasteiger partial charge on any atom is -0.468 e. The van der Waals surface area contributed by atoms with Gasteiger partial charge in [0, 0.05) is 29.6 Å². The molecule has 0 aliphatic carbocycles.